The van der Waals surface area contributed by atoms with Crippen molar-refractivity contribution in [3.63, 3.8) is 0 Å². The van der Waals surface area contributed by atoms with Gasteiger partial charge in [0, 0.05) is 31.3 Å². The first-order chi connectivity index (χ1) is 12.3. The monoisotopic (exact) mass is 360 g/mol. The molecule has 1 aromatic carbocycles. The van der Waals surface area contributed by atoms with Crippen LogP contribution in [0.1, 0.15) is 35.2 Å². The molecule has 0 bridgehead atoms. The third kappa shape index (κ3) is 7.67. The van der Waals surface area contributed by atoms with Crippen molar-refractivity contribution in [1.29, 1.82) is 0 Å². The van der Waals surface area contributed by atoms with Gasteiger partial charge in [-0.3, -0.25) is 4.99 Å². The van der Waals surface area contributed by atoms with Crippen molar-refractivity contribution in [3.05, 3.63) is 52.0 Å². The van der Waals surface area contributed by atoms with E-state index in [4.69, 9.17) is 4.74 Å². The van der Waals surface area contributed by atoms with Crippen LogP contribution in [0.2, 0.25) is 0 Å². The lowest BCUT2D eigenvalue weighted by Crippen LogP contribution is -2.37. The summed E-state index contributed by atoms with van der Waals surface area (Å²) in [5.41, 5.74) is 1.22. The highest BCUT2D eigenvalue weighted by atomic mass is 32.1. The van der Waals surface area contributed by atoms with Crippen LogP contribution in [0.5, 0.6) is 0 Å². The van der Waals surface area contributed by atoms with Crippen LogP contribution in [0.4, 0.5) is 0 Å². The van der Waals surface area contributed by atoms with Crippen LogP contribution in [-0.4, -0.2) is 31.1 Å². The van der Waals surface area contributed by atoms with E-state index in [0.29, 0.717) is 13.2 Å². The summed E-state index contributed by atoms with van der Waals surface area (Å²) in [7, 11) is 1.79. The second-order valence-corrected chi connectivity index (χ2v) is 6.87. The van der Waals surface area contributed by atoms with Crippen molar-refractivity contribution in [2.45, 2.75) is 39.3 Å². The number of guanidine groups is 1. The van der Waals surface area contributed by atoms with Crippen LogP contribution in [-0.2, 0) is 24.3 Å². The highest BCUT2D eigenvalue weighted by Crippen LogP contribution is 2.12. The summed E-state index contributed by atoms with van der Waals surface area (Å²) in [4.78, 5) is 9.96. The van der Waals surface area contributed by atoms with Crippen LogP contribution in [0, 0.1) is 0 Å². The normalized spacial score (nSPS) is 11.5. The third-order valence-electron chi connectivity index (χ3n) is 3.70. The zero-order chi connectivity index (χ0) is 17.7. The number of ether oxygens (including phenoxy) is 1. The first kappa shape index (κ1) is 19.4. The number of aromatic nitrogens is 1. The molecule has 5 nitrogen and oxygen atoms in total. The molecule has 0 unspecified atom stereocenters. The van der Waals surface area contributed by atoms with Gasteiger partial charge >= 0.3 is 0 Å². The summed E-state index contributed by atoms with van der Waals surface area (Å²) in [6.45, 7) is 5.21. The van der Waals surface area contributed by atoms with Gasteiger partial charge in [-0.1, -0.05) is 37.3 Å². The molecule has 0 fully saturated rings. The Bertz CT molecular complexity index is 627. The number of hydrogen-bond acceptors (Lipinski definition) is 4. The number of aryl methyl sites for hydroxylation is 1. The maximum atomic E-state index is 5.69. The van der Waals surface area contributed by atoms with E-state index >= 15 is 0 Å². The van der Waals surface area contributed by atoms with Crippen molar-refractivity contribution in [3.8, 4) is 0 Å². The topological polar surface area (TPSA) is 58.5 Å². The average Bonchev–Trinajstić information content (AvgIpc) is 3.12. The average molecular weight is 361 g/mol. The first-order valence-electron chi connectivity index (χ1n) is 8.81. The first-order valence-corrected chi connectivity index (χ1v) is 9.63. The maximum Gasteiger partial charge on any atom is 0.191 e. The van der Waals surface area contributed by atoms with E-state index in [1.54, 1.807) is 18.4 Å². The van der Waals surface area contributed by atoms with E-state index in [9.17, 15) is 0 Å². The smallest absolute Gasteiger partial charge is 0.191 e. The molecule has 0 radical (unpaired) electrons. The summed E-state index contributed by atoms with van der Waals surface area (Å²) in [6, 6.07) is 10.3. The van der Waals surface area contributed by atoms with Gasteiger partial charge in [0.1, 0.15) is 5.01 Å². The van der Waals surface area contributed by atoms with Crippen LogP contribution >= 0.6 is 11.3 Å². The molecule has 136 valence electrons. The summed E-state index contributed by atoms with van der Waals surface area (Å²) in [5, 5.41) is 7.72. The van der Waals surface area contributed by atoms with Gasteiger partial charge in [0.05, 0.1) is 13.2 Å². The van der Waals surface area contributed by atoms with Crippen molar-refractivity contribution in [2.24, 2.45) is 4.99 Å². The number of benzene rings is 1. The molecular formula is C19H28N4OS. The minimum atomic E-state index is 0.686. The second kappa shape index (κ2) is 11.6. The molecule has 2 aromatic rings. The molecule has 0 aliphatic rings. The van der Waals surface area contributed by atoms with E-state index in [-0.39, 0.29) is 0 Å². The van der Waals surface area contributed by atoms with Gasteiger partial charge in [-0.25, -0.2) is 4.98 Å². The molecule has 2 N–H and O–H groups in total. The molecule has 0 atom stereocenters. The summed E-state index contributed by atoms with van der Waals surface area (Å²) in [5.74, 6) is 0.818. The van der Waals surface area contributed by atoms with Gasteiger partial charge in [-0.05, 0) is 24.8 Å². The van der Waals surface area contributed by atoms with E-state index in [1.807, 2.05) is 24.4 Å². The second-order valence-electron chi connectivity index (χ2n) is 5.67. The molecule has 0 aliphatic carbocycles. The number of thiazole rings is 1. The fourth-order valence-corrected chi connectivity index (χ4v) is 3.08. The van der Waals surface area contributed by atoms with Crippen LogP contribution < -0.4 is 10.6 Å². The predicted octanol–water partition coefficient (Wildman–Crippen LogP) is 3.37. The minimum absolute atomic E-state index is 0.686. The molecule has 2 rings (SSSR count). The van der Waals surface area contributed by atoms with Crippen LogP contribution in [0.25, 0.3) is 0 Å². The van der Waals surface area contributed by atoms with E-state index in [2.05, 4.69) is 39.7 Å². The predicted molar refractivity (Wildman–Crippen MR) is 105 cm³/mol. The van der Waals surface area contributed by atoms with Gasteiger partial charge in [-0.15, -0.1) is 11.3 Å². The van der Waals surface area contributed by atoms with Crippen molar-refractivity contribution in [1.82, 2.24) is 15.6 Å². The van der Waals surface area contributed by atoms with Crippen molar-refractivity contribution < 1.29 is 4.74 Å². The Morgan fingerprint density at radius 3 is 2.76 bits per heavy atom. The Morgan fingerprint density at radius 1 is 1.20 bits per heavy atom. The Balaban J connectivity index is 1.52. The Hall–Kier alpha value is -1.92. The molecule has 0 spiro atoms. The lowest BCUT2D eigenvalue weighted by atomic mass is 10.2. The molecular weight excluding hydrogens is 332 g/mol. The Labute approximate surface area is 154 Å². The number of hydrogen-bond donors (Lipinski definition) is 2. The zero-order valence-electron chi connectivity index (χ0n) is 15.1. The molecule has 1 aromatic heterocycles. The molecule has 0 saturated carbocycles. The lowest BCUT2D eigenvalue weighted by Gasteiger charge is -2.11. The fourth-order valence-electron chi connectivity index (χ4n) is 2.27. The number of rotatable bonds is 10. The van der Waals surface area contributed by atoms with E-state index in [0.717, 1.165) is 43.4 Å². The van der Waals surface area contributed by atoms with Gasteiger partial charge in [-0.2, -0.15) is 0 Å². The quantitative estimate of drug-likeness (QED) is 0.387. The molecule has 6 heteroatoms. The number of unbranched alkanes of at least 4 members (excludes halogenated alkanes) is 1. The Kier molecular flexibility index (Phi) is 9.01. The standard InChI is InChI=1S/C19H28N4OS/c1-3-17-13-22-18(25-17)14-23-19(20-2)21-11-7-8-12-24-15-16-9-5-4-6-10-16/h4-6,9-10,13H,3,7-8,11-12,14-15H2,1-2H3,(H2,20,21,23). The summed E-state index contributed by atoms with van der Waals surface area (Å²) < 4.78 is 5.69. The SMILES string of the molecule is CCc1cnc(CNC(=NC)NCCCCOCc2ccccc2)s1. The summed E-state index contributed by atoms with van der Waals surface area (Å²) in [6.07, 6.45) is 5.07. The highest BCUT2D eigenvalue weighted by molar-refractivity contribution is 7.11. The van der Waals surface area contributed by atoms with Gasteiger partial charge < -0.3 is 15.4 Å². The van der Waals surface area contributed by atoms with Gasteiger partial charge in [0.2, 0.25) is 0 Å². The van der Waals surface area contributed by atoms with E-state index < -0.39 is 0 Å². The minimum Gasteiger partial charge on any atom is -0.377 e. The van der Waals surface area contributed by atoms with Gasteiger partial charge in [0.15, 0.2) is 5.96 Å². The summed E-state index contributed by atoms with van der Waals surface area (Å²) >= 11 is 1.75. The number of aliphatic imine (C=N–C) groups is 1. The molecule has 0 saturated heterocycles. The maximum absolute atomic E-state index is 5.69. The Morgan fingerprint density at radius 2 is 2.04 bits per heavy atom. The fraction of sp³-hybridized carbons (Fsp3) is 0.474. The van der Waals surface area contributed by atoms with Crippen molar-refractivity contribution in [2.75, 3.05) is 20.2 Å². The van der Waals surface area contributed by atoms with Gasteiger partial charge in [0.25, 0.3) is 0 Å². The largest absolute Gasteiger partial charge is 0.377 e. The molecule has 0 amide bonds. The van der Waals surface area contributed by atoms with Crippen LogP contribution in [0.15, 0.2) is 41.5 Å². The number of nitrogens with zero attached hydrogens (tertiary/aromatic N) is 2. The zero-order valence-corrected chi connectivity index (χ0v) is 15.9. The molecule has 1 heterocycles. The van der Waals surface area contributed by atoms with Crippen molar-refractivity contribution >= 4 is 17.3 Å². The molecule has 0 aliphatic heterocycles. The van der Waals surface area contributed by atoms with Crippen LogP contribution in [0.3, 0.4) is 0 Å². The third-order valence-corrected chi connectivity index (χ3v) is 4.84. The molecule has 25 heavy (non-hydrogen) atoms. The lowest BCUT2D eigenvalue weighted by molar-refractivity contribution is 0.117. The van der Waals surface area contributed by atoms with E-state index in [1.165, 1.54) is 10.4 Å². The number of nitrogens with one attached hydrogen (secondary N) is 2. The highest BCUT2D eigenvalue weighted by Gasteiger charge is 2.02.